The quantitative estimate of drug-likeness (QED) is 0.155. The molecule has 4 rings (SSSR count). The molecule has 0 fully saturated rings. The lowest BCUT2D eigenvalue weighted by molar-refractivity contribution is -0.118. The fourth-order valence-corrected chi connectivity index (χ4v) is 4.32. The maximum atomic E-state index is 12.3. The molecule has 0 radical (unpaired) electrons. The Bertz CT molecular complexity index is 1410. The zero-order chi connectivity index (χ0) is 26.2. The number of hydrazone groups is 1. The van der Waals surface area contributed by atoms with Crippen LogP contribution in [-0.2, 0) is 18.4 Å². The van der Waals surface area contributed by atoms with E-state index in [1.807, 2.05) is 54.1 Å². The number of nitrogens with one attached hydrogen (secondary N) is 1. The minimum Gasteiger partial charge on any atom is -0.493 e. The first-order valence-electron chi connectivity index (χ1n) is 11.1. The molecular formula is C26H23Cl2N5O3S. The first-order chi connectivity index (χ1) is 17.9. The molecular weight excluding hydrogens is 533 g/mol. The zero-order valence-corrected chi connectivity index (χ0v) is 22.3. The van der Waals surface area contributed by atoms with Crippen molar-refractivity contribution in [3.05, 3.63) is 87.9 Å². The molecule has 4 aromatic rings. The van der Waals surface area contributed by atoms with E-state index in [2.05, 4.69) is 20.7 Å². The summed E-state index contributed by atoms with van der Waals surface area (Å²) in [7, 11) is 3.42. The molecule has 0 saturated carbocycles. The Balaban J connectivity index is 1.29. The lowest BCUT2D eigenvalue weighted by Crippen LogP contribution is -2.19. The number of carbonyl (C=O) groups is 1. The summed E-state index contributed by atoms with van der Waals surface area (Å²) in [6, 6.07) is 20.4. The van der Waals surface area contributed by atoms with Crippen LogP contribution < -0.4 is 14.9 Å². The first kappa shape index (κ1) is 26.5. The van der Waals surface area contributed by atoms with Crippen molar-refractivity contribution < 1.29 is 14.3 Å². The van der Waals surface area contributed by atoms with Crippen molar-refractivity contribution in [1.82, 2.24) is 20.2 Å². The maximum absolute atomic E-state index is 12.3. The molecule has 1 heterocycles. The van der Waals surface area contributed by atoms with E-state index in [9.17, 15) is 4.79 Å². The van der Waals surface area contributed by atoms with E-state index < -0.39 is 0 Å². The molecule has 8 nitrogen and oxygen atoms in total. The third kappa shape index (κ3) is 7.03. The lowest BCUT2D eigenvalue weighted by atomic mass is 10.2. The number of carbonyl (C=O) groups excluding carboxylic acids is 1. The zero-order valence-electron chi connectivity index (χ0n) is 20.0. The number of methoxy groups -OCH3 is 1. The maximum Gasteiger partial charge on any atom is 0.250 e. The third-order valence-electron chi connectivity index (χ3n) is 5.17. The van der Waals surface area contributed by atoms with E-state index in [1.165, 1.54) is 18.0 Å². The summed E-state index contributed by atoms with van der Waals surface area (Å²) in [4.78, 5) is 12.3. The Hall–Kier alpha value is -3.53. The van der Waals surface area contributed by atoms with Gasteiger partial charge in [0.1, 0.15) is 6.61 Å². The minimum absolute atomic E-state index is 0.142. The van der Waals surface area contributed by atoms with Crippen LogP contribution in [-0.4, -0.2) is 39.7 Å². The Morgan fingerprint density at radius 3 is 2.62 bits per heavy atom. The fraction of sp³-hybridized carbons (Fsp3) is 0.154. The number of halogens is 2. The molecule has 1 aromatic heterocycles. The standard InChI is InChI=1S/C26H23Cl2N5O3S/c1-33-25(19-6-4-3-5-7-19)31-32-26(33)37-16-24(34)30-29-14-17-9-11-22(23(13-17)35-2)36-15-18-8-10-20(27)21(28)12-18/h3-14H,15-16H2,1-2H3,(H,30,34)/b29-14-. The molecule has 0 aliphatic heterocycles. The van der Waals surface area contributed by atoms with Crippen LogP contribution in [0.25, 0.3) is 11.4 Å². The molecule has 37 heavy (non-hydrogen) atoms. The van der Waals surface area contributed by atoms with Crippen molar-refractivity contribution in [2.75, 3.05) is 12.9 Å². The SMILES string of the molecule is COc1cc(/C=N\NC(=O)CSc2nnc(-c3ccccc3)n2C)ccc1OCc1ccc(Cl)c(Cl)c1. The van der Waals surface area contributed by atoms with Gasteiger partial charge in [0.25, 0.3) is 5.91 Å². The minimum atomic E-state index is -0.265. The van der Waals surface area contributed by atoms with Crippen molar-refractivity contribution >= 4 is 47.1 Å². The Morgan fingerprint density at radius 1 is 1.05 bits per heavy atom. The van der Waals surface area contributed by atoms with Crippen LogP contribution in [0.1, 0.15) is 11.1 Å². The number of amides is 1. The highest BCUT2D eigenvalue weighted by molar-refractivity contribution is 7.99. The lowest BCUT2D eigenvalue weighted by Gasteiger charge is -2.11. The summed E-state index contributed by atoms with van der Waals surface area (Å²) in [5, 5.41) is 14.0. The van der Waals surface area contributed by atoms with Gasteiger partial charge in [0.05, 0.1) is 29.1 Å². The largest absolute Gasteiger partial charge is 0.493 e. The van der Waals surface area contributed by atoms with Gasteiger partial charge in [-0.25, -0.2) is 5.43 Å². The van der Waals surface area contributed by atoms with E-state index in [0.29, 0.717) is 33.3 Å². The number of thioether (sulfide) groups is 1. The van der Waals surface area contributed by atoms with Crippen LogP contribution in [0.2, 0.25) is 10.0 Å². The van der Waals surface area contributed by atoms with Crippen molar-refractivity contribution in [3.8, 4) is 22.9 Å². The topological polar surface area (TPSA) is 90.6 Å². The van der Waals surface area contributed by atoms with Crippen LogP contribution in [0.5, 0.6) is 11.5 Å². The van der Waals surface area contributed by atoms with E-state index in [1.54, 1.807) is 31.4 Å². The summed E-state index contributed by atoms with van der Waals surface area (Å²) in [6.45, 7) is 0.298. The molecule has 0 spiro atoms. The summed E-state index contributed by atoms with van der Waals surface area (Å²) in [6.07, 6.45) is 1.53. The second kappa shape index (κ2) is 12.6. The average Bonchev–Trinajstić information content (AvgIpc) is 3.29. The summed E-state index contributed by atoms with van der Waals surface area (Å²) in [5.41, 5.74) is 5.09. The molecule has 11 heteroatoms. The number of nitrogens with zero attached hydrogens (tertiary/aromatic N) is 4. The molecule has 1 N–H and O–H groups in total. The second-order valence-corrected chi connectivity index (χ2v) is 9.52. The van der Waals surface area contributed by atoms with Crippen LogP contribution in [0, 0.1) is 0 Å². The predicted octanol–water partition coefficient (Wildman–Crippen LogP) is 5.62. The molecule has 0 saturated heterocycles. The van der Waals surface area contributed by atoms with Gasteiger partial charge in [-0.1, -0.05) is 71.4 Å². The van der Waals surface area contributed by atoms with Crippen molar-refractivity contribution in [2.24, 2.45) is 12.1 Å². The highest BCUT2D eigenvalue weighted by Crippen LogP contribution is 2.29. The molecule has 0 atom stereocenters. The normalized spacial score (nSPS) is 11.0. The number of benzene rings is 3. The Kier molecular flexibility index (Phi) is 9.05. The summed E-state index contributed by atoms with van der Waals surface area (Å²) in [5.74, 6) is 1.70. The van der Waals surface area contributed by atoms with E-state index in [0.717, 1.165) is 22.5 Å². The molecule has 1 amide bonds. The molecule has 0 aliphatic carbocycles. The van der Waals surface area contributed by atoms with Crippen LogP contribution in [0.3, 0.4) is 0 Å². The van der Waals surface area contributed by atoms with Crippen LogP contribution >= 0.6 is 35.0 Å². The monoisotopic (exact) mass is 555 g/mol. The third-order valence-corrected chi connectivity index (χ3v) is 6.93. The molecule has 3 aromatic carbocycles. The van der Waals surface area contributed by atoms with Gasteiger partial charge in [0.2, 0.25) is 0 Å². The van der Waals surface area contributed by atoms with Crippen molar-refractivity contribution in [3.63, 3.8) is 0 Å². The molecule has 190 valence electrons. The first-order valence-corrected chi connectivity index (χ1v) is 12.8. The predicted molar refractivity (Wildman–Crippen MR) is 147 cm³/mol. The molecule has 0 bridgehead atoms. The van der Waals surface area contributed by atoms with Crippen LogP contribution in [0.4, 0.5) is 0 Å². The number of hydrogen-bond donors (Lipinski definition) is 1. The van der Waals surface area contributed by atoms with Crippen molar-refractivity contribution in [2.45, 2.75) is 11.8 Å². The van der Waals surface area contributed by atoms with Gasteiger partial charge in [-0.2, -0.15) is 5.10 Å². The number of ether oxygens (including phenoxy) is 2. The highest BCUT2D eigenvalue weighted by Gasteiger charge is 2.12. The Labute approximate surface area is 228 Å². The smallest absolute Gasteiger partial charge is 0.250 e. The summed E-state index contributed by atoms with van der Waals surface area (Å²) >= 11 is 13.3. The number of rotatable bonds is 10. The fourth-order valence-electron chi connectivity index (χ4n) is 3.29. The van der Waals surface area contributed by atoms with E-state index in [-0.39, 0.29) is 11.7 Å². The van der Waals surface area contributed by atoms with Crippen LogP contribution in [0.15, 0.2) is 77.0 Å². The highest BCUT2D eigenvalue weighted by atomic mass is 35.5. The van der Waals surface area contributed by atoms with E-state index >= 15 is 0 Å². The van der Waals surface area contributed by atoms with Gasteiger partial charge in [-0.3, -0.25) is 4.79 Å². The molecule has 0 unspecified atom stereocenters. The summed E-state index contributed by atoms with van der Waals surface area (Å²) < 4.78 is 13.2. The number of aromatic nitrogens is 3. The molecule has 0 aliphatic rings. The van der Waals surface area contributed by atoms with Gasteiger partial charge in [-0.05, 0) is 41.5 Å². The van der Waals surface area contributed by atoms with Gasteiger partial charge in [-0.15, -0.1) is 10.2 Å². The van der Waals surface area contributed by atoms with Gasteiger partial charge < -0.3 is 14.0 Å². The van der Waals surface area contributed by atoms with Gasteiger partial charge >= 0.3 is 0 Å². The average molecular weight is 556 g/mol. The second-order valence-electron chi connectivity index (χ2n) is 7.76. The van der Waals surface area contributed by atoms with Crippen molar-refractivity contribution in [1.29, 1.82) is 0 Å². The van der Waals surface area contributed by atoms with Gasteiger partial charge in [0.15, 0.2) is 22.5 Å². The number of hydrogen-bond acceptors (Lipinski definition) is 7. The van der Waals surface area contributed by atoms with E-state index in [4.69, 9.17) is 32.7 Å². The van der Waals surface area contributed by atoms with Gasteiger partial charge in [0, 0.05) is 12.6 Å². The Morgan fingerprint density at radius 2 is 1.86 bits per heavy atom.